The van der Waals surface area contributed by atoms with Gasteiger partial charge in [0, 0.05) is 43.9 Å². The van der Waals surface area contributed by atoms with Gasteiger partial charge in [-0.1, -0.05) is 0 Å². The molecule has 1 aliphatic rings. The largest absolute Gasteiger partial charge is 0.352 e. The quantitative estimate of drug-likeness (QED) is 0.797. The van der Waals surface area contributed by atoms with E-state index in [2.05, 4.69) is 20.0 Å². The molecule has 0 aromatic carbocycles. The Kier molecular flexibility index (Phi) is 2.49. The number of rotatable bonds is 2. The summed E-state index contributed by atoms with van der Waals surface area (Å²) in [6.07, 6.45) is 7.97. The van der Waals surface area contributed by atoms with E-state index in [-0.39, 0.29) is 6.04 Å². The smallest absolute Gasteiger partial charge is 0.196 e. The molecule has 0 bridgehead atoms. The van der Waals surface area contributed by atoms with Gasteiger partial charge in [0.25, 0.3) is 0 Å². The molecule has 6 nitrogen and oxygen atoms in total. The first kappa shape index (κ1) is 10.2. The summed E-state index contributed by atoms with van der Waals surface area (Å²) < 4.78 is 1.73. The SMILES string of the molecule is N[C@@H]1CCN(c2nccnc2-n2cccn2)C1. The number of nitrogens with two attached hydrogens (primary N) is 1. The normalized spacial score (nSPS) is 19.8. The van der Waals surface area contributed by atoms with Crippen LogP contribution in [-0.4, -0.2) is 38.9 Å². The maximum atomic E-state index is 5.92. The molecule has 0 spiro atoms. The zero-order chi connectivity index (χ0) is 11.7. The molecule has 0 aliphatic carbocycles. The van der Waals surface area contributed by atoms with E-state index in [1.54, 1.807) is 23.3 Å². The van der Waals surface area contributed by atoms with Gasteiger partial charge in [0.05, 0.1) is 0 Å². The van der Waals surface area contributed by atoms with E-state index in [0.29, 0.717) is 0 Å². The van der Waals surface area contributed by atoms with Crippen LogP contribution in [0.3, 0.4) is 0 Å². The summed E-state index contributed by atoms with van der Waals surface area (Å²) in [5, 5.41) is 4.19. The fourth-order valence-corrected chi connectivity index (χ4v) is 2.08. The Bertz CT molecular complexity index is 494. The van der Waals surface area contributed by atoms with Crippen LogP contribution in [0, 0.1) is 0 Å². The zero-order valence-electron chi connectivity index (χ0n) is 9.40. The molecular weight excluding hydrogens is 216 g/mol. The summed E-state index contributed by atoms with van der Waals surface area (Å²) in [6, 6.07) is 2.09. The van der Waals surface area contributed by atoms with Gasteiger partial charge in [-0.3, -0.25) is 0 Å². The third-order valence-electron chi connectivity index (χ3n) is 2.91. The highest BCUT2D eigenvalue weighted by atomic mass is 15.3. The third-order valence-corrected chi connectivity index (χ3v) is 2.91. The van der Waals surface area contributed by atoms with Crippen molar-refractivity contribution in [1.82, 2.24) is 19.7 Å². The molecule has 0 radical (unpaired) electrons. The molecule has 1 atom stereocenters. The van der Waals surface area contributed by atoms with Crippen LogP contribution in [0.1, 0.15) is 6.42 Å². The first-order chi connectivity index (χ1) is 8.34. The van der Waals surface area contributed by atoms with E-state index in [1.165, 1.54) is 0 Å². The lowest BCUT2D eigenvalue weighted by atomic mass is 10.3. The minimum atomic E-state index is 0.225. The second-order valence-corrected chi connectivity index (χ2v) is 4.15. The van der Waals surface area contributed by atoms with Crippen molar-refractivity contribution < 1.29 is 0 Å². The Morgan fingerprint density at radius 2 is 2.00 bits per heavy atom. The van der Waals surface area contributed by atoms with E-state index in [0.717, 1.165) is 31.1 Å². The predicted molar refractivity (Wildman–Crippen MR) is 64.0 cm³/mol. The maximum Gasteiger partial charge on any atom is 0.196 e. The fraction of sp³-hybridized carbons (Fsp3) is 0.364. The topological polar surface area (TPSA) is 72.9 Å². The second-order valence-electron chi connectivity index (χ2n) is 4.15. The lowest BCUT2D eigenvalue weighted by molar-refractivity contribution is 0.749. The van der Waals surface area contributed by atoms with Crippen LogP contribution in [0.2, 0.25) is 0 Å². The molecule has 6 heteroatoms. The van der Waals surface area contributed by atoms with Crippen LogP contribution >= 0.6 is 0 Å². The molecule has 0 amide bonds. The van der Waals surface area contributed by atoms with Crippen molar-refractivity contribution in [1.29, 1.82) is 0 Å². The molecule has 2 aromatic heterocycles. The molecule has 17 heavy (non-hydrogen) atoms. The zero-order valence-corrected chi connectivity index (χ0v) is 9.40. The average molecular weight is 230 g/mol. The Hall–Kier alpha value is -1.95. The van der Waals surface area contributed by atoms with Crippen molar-refractivity contribution in [2.24, 2.45) is 5.73 Å². The lowest BCUT2D eigenvalue weighted by Crippen LogP contribution is -2.28. The molecular formula is C11H14N6. The standard InChI is InChI=1S/C11H14N6/c12-9-2-7-16(8-9)10-11(14-5-4-13-10)17-6-1-3-15-17/h1,3-6,9H,2,7-8,12H2/t9-/m1/s1. The predicted octanol–water partition coefficient (Wildman–Crippen LogP) is 0.200. The minimum Gasteiger partial charge on any atom is -0.352 e. The van der Waals surface area contributed by atoms with Crippen LogP contribution in [0.4, 0.5) is 5.82 Å². The number of anilines is 1. The number of hydrogen-bond donors (Lipinski definition) is 1. The van der Waals surface area contributed by atoms with Crippen LogP contribution in [0.25, 0.3) is 5.82 Å². The van der Waals surface area contributed by atoms with Gasteiger partial charge in [-0.15, -0.1) is 0 Å². The Balaban J connectivity index is 1.99. The van der Waals surface area contributed by atoms with Gasteiger partial charge in [0.1, 0.15) is 0 Å². The number of nitrogens with zero attached hydrogens (tertiary/aromatic N) is 5. The average Bonchev–Trinajstić information content (AvgIpc) is 3.00. The summed E-state index contributed by atoms with van der Waals surface area (Å²) in [6.45, 7) is 1.75. The summed E-state index contributed by atoms with van der Waals surface area (Å²) in [5.41, 5.74) is 5.92. The van der Waals surface area contributed by atoms with Gasteiger partial charge < -0.3 is 10.6 Å². The van der Waals surface area contributed by atoms with Gasteiger partial charge in [0.2, 0.25) is 0 Å². The van der Waals surface area contributed by atoms with Crippen molar-refractivity contribution in [2.75, 3.05) is 18.0 Å². The van der Waals surface area contributed by atoms with E-state index in [9.17, 15) is 0 Å². The van der Waals surface area contributed by atoms with Gasteiger partial charge in [0.15, 0.2) is 11.6 Å². The summed E-state index contributed by atoms with van der Waals surface area (Å²) in [4.78, 5) is 10.9. The van der Waals surface area contributed by atoms with E-state index >= 15 is 0 Å². The highest BCUT2D eigenvalue weighted by Crippen LogP contribution is 2.22. The maximum absolute atomic E-state index is 5.92. The first-order valence-electron chi connectivity index (χ1n) is 5.66. The molecule has 3 heterocycles. The number of hydrogen-bond acceptors (Lipinski definition) is 5. The highest BCUT2D eigenvalue weighted by Gasteiger charge is 2.23. The van der Waals surface area contributed by atoms with Crippen LogP contribution in [-0.2, 0) is 0 Å². The summed E-state index contributed by atoms with van der Waals surface area (Å²) in [7, 11) is 0. The Labute approximate surface area is 99.1 Å². The molecule has 1 fully saturated rings. The molecule has 3 rings (SSSR count). The third kappa shape index (κ3) is 1.87. The van der Waals surface area contributed by atoms with Crippen molar-refractivity contribution in [2.45, 2.75) is 12.5 Å². The van der Waals surface area contributed by atoms with Gasteiger partial charge >= 0.3 is 0 Å². The van der Waals surface area contributed by atoms with Gasteiger partial charge in [-0.25, -0.2) is 14.6 Å². The minimum absolute atomic E-state index is 0.225. The van der Waals surface area contributed by atoms with Crippen molar-refractivity contribution >= 4 is 5.82 Å². The van der Waals surface area contributed by atoms with E-state index in [1.807, 2.05) is 12.3 Å². The summed E-state index contributed by atoms with van der Waals surface area (Å²) in [5.74, 6) is 1.61. The van der Waals surface area contributed by atoms with Crippen molar-refractivity contribution in [3.05, 3.63) is 30.9 Å². The second kappa shape index (κ2) is 4.14. The Morgan fingerprint density at radius 3 is 2.65 bits per heavy atom. The molecule has 88 valence electrons. The van der Waals surface area contributed by atoms with Gasteiger partial charge in [-0.2, -0.15) is 5.10 Å². The van der Waals surface area contributed by atoms with Crippen molar-refractivity contribution in [3.63, 3.8) is 0 Å². The molecule has 1 aliphatic heterocycles. The molecule has 0 unspecified atom stereocenters. The molecule has 0 saturated carbocycles. The van der Waals surface area contributed by atoms with Gasteiger partial charge in [-0.05, 0) is 12.5 Å². The molecule has 2 aromatic rings. The summed E-state index contributed by atoms with van der Waals surface area (Å²) >= 11 is 0. The van der Waals surface area contributed by atoms with E-state index in [4.69, 9.17) is 5.73 Å². The van der Waals surface area contributed by atoms with Crippen LogP contribution < -0.4 is 10.6 Å². The van der Waals surface area contributed by atoms with Crippen LogP contribution in [0.5, 0.6) is 0 Å². The molecule has 2 N–H and O–H groups in total. The first-order valence-corrected chi connectivity index (χ1v) is 5.66. The number of aromatic nitrogens is 4. The molecule has 1 saturated heterocycles. The van der Waals surface area contributed by atoms with E-state index < -0.39 is 0 Å². The lowest BCUT2D eigenvalue weighted by Gasteiger charge is -2.18. The Morgan fingerprint density at radius 1 is 1.18 bits per heavy atom. The van der Waals surface area contributed by atoms with Crippen LogP contribution in [0.15, 0.2) is 30.9 Å². The highest BCUT2D eigenvalue weighted by molar-refractivity contribution is 5.53. The fourth-order valence-electron chi connectivity index (χ4n) is 2.08. The monoisotopic (exact) mass is 230 g/mol. The van der Waals surface area contributed by atoms with Crippen molar-refractivity contribution in [3.8, 4) is 5.82 Å².